The van der Waals surface area contributed by atoms with Crippen LogP contribution >= 0.6 is 0 Å². The highest BCUT2D eigenvalue weighted by Crippen LogP contribution is 2.37. The molecule has 0 saturated carbocycles. The third kappa shape index (κ3) is 5.15. The van der Waals surface area contributed by atoms with Crippen LogP contribution in [0.1, 0.15) is 49.6 Å². The average Bonchev–Trinajstić information content (AvgIpc) is 3.06. The van der Waals surface area contributed by atoms with E-state index in [1.807, 2.05) is 20.8 Å². The normalized spacial score (nSPS) is 13.9. The fraction of sp³-hybridized carbons (Fsp3) is 0.348. The number of aliphatic carboxylic acids is 1. The number of pyridine rings is 1. The molecule has 1 unspecified atom stereocenters. The summed E-state index contributed by atoms with van der Waals surface area (Å²) < 4.78 is 13.6. The molecule has 31 heavy (non-hydrogen) atoms. The van der Waals surface area contributed by atoms with Crippen LogP contribution in [0, 0.1) is 12.7 Å². The van der Waals surface area contributed by atoms with E-state index < -0.39 is 24.6 Å². The van der Waals surface area contributed by atoms with Crippen molar-refractivity contribution in [1.82, 2.24) is 15.2 Å². The number of nitrogens with one attached hydrogen (secondary N) is 1. The Morgan fingerprint density at radius 1 is 1.23 bits per heavy atom. The van der Waals surface area contributed by atoms with Gasteiger partial charge in [-0.2, -0.15) is 5.10 Å². The Morgan fingerprint density at radius 2 is 1.90 bits per heavy atom. The zero-order valence-corrected chi connectivity index (χ0v) is 17.6. The van der Waals surface area contributed by atoms with E-state index in [9.17, 15) is 19.4 Å². The molecule has 0 spiro atoms. The molecule has 0 bridgehead atoms. The largest absolute Gasteiger partial charge is 0.481 e. The molecular weight excluding hydrogens is 401 g/mol. The molecule has 0 aliphatic carbocycles. The van der Waals surface area contributed by atoms with Crippen LogP contribution in [0.5, 0.6) is 0 Å². The van der Waals surface area contributed by atoms with Gasteiger partial charge in [0.25, 0.3) is 0 Å². The van der Waals surface area contributed by atoms with Gasteiger partial charge in [-0.1, -0.05) is 38.1 Å². The van der Waals surface area contributed by atoms with E-state index in [2.05, 4.69) is 10.2 Å². The number of aliphatic hydroxyl groups excluding tert-OH is 2. The van der Waals surface area contributed by atoms with Crippen molar-refractivity contribution in [2.24, 2.45) is 0 Å². The van der Waals surface area contributed by atoms with Crippen molar-refractivity contribution in [2.75, 3.05) is 0 Å². The van der Waals surface area contributed by atoms with Crippen LogP contribution in [0.25, 0.3) is 28.2 Å². The number of aromatic amines is 1. The standard InChI is InChI=1S/C23H26FN3O4/c1-12(2)22-18(9-8-16(28)10-17(29)11-19(30)31)21(14-4-6-15(24)7-5-14)20-13(3)26-27-23(20)25-22/h4-9,12,16-17,28-29H,10-11H2,1-3H3,(H,30,31)(H,25,26,27)/t16-,17?/m1/s1. The van der Waals surface area contributed by atoms with Gasteiger partial charge in [-0.3, -0.25) is 9.89 Å². The molecule has 0 fully saturated rings. The number of fused-ring (bicyclic) bond motifs is 1. The van der Waals surface area contributed by atoms with E-state index in [1.165, 1.54) is 18.2 Å². The topological polar surface area (TPSA) is 119 Å². The predicted octanol–water partition coefficient (Wildman–Crippen LogP) is 3.80. The van der Waals surface area contributed by atoms with Gasteiger partial charge in [-0.15, -0.1) is 0 Å². The summed E-state index contributed by atoms with van der Waals surface area (Å²) in [6.07, 6.45) is 0.496. The van der Waals surface area contributed by atoms with Crippen molar-refractivity contribution in [2.45, 2.75) is 51.7 Å². The van der Waals surface area contributed by atoms with Crippen LogP contribution < -0.4 is 0 Å². The Kier molecular flexibility index (Phi) is 6.82. The minimum Gasteiger partial charge on any atom is -0.481 e. The van der Waals surface area contributed by atoms with Crippen LogP contribution in [0.3, 0.4) is 0 Å². The summed E-state index contributed by atoms with van der Waals surface area (Å²) in [5.74, 6) is -1.44. The van der Waals surface area contributed by atoms with Crippen molar-refractivity contribution >= 4 is 23.1 Å². The molecule has 0 aliphatic heterocycles. The number of H-pyrrole nitrogens is 1. The Balaban J connectivity index is 2.13. The Labute approximate surface area is 179 Å². The lowest BCUT2D eigenvalue weighted by molar-refractivity contribution is -0.139. The van der Waals surface area contributed by atoms with Gasteiger partial charge < -0.3 is 15.3 Å². The van der Waals surface area contributed by atoms with Gasteiger partial charge in [-0.25, -0.2) is 9.37 Å². The third-order valence-corrected chi connectivity index (χ3v) is 5.04. The van der Waals surface area contributed by atoms with Gasteiger partial charge in [0.15, 0.2) is 5.65 Å². The Morgan fingerprint density at radius 3 is 2.52 bits per heavy atom. The molecule has 0 amide bonds. The molecule has 3 rings (SSSR count). The van der Waals surface area contributed by atoms with Crippen LogP contribution in [-0.2, 0) is 4.79 Å². The highest BCUT2D eigenvalue weighted by Gasteiger charge is 2.21. The third-order valence-electron chi connectivity index (χ3n) is 5.04. The monoisotopic (exact) mass is 427 g/mol. The quantitative estimate of drug-likeness (QED) is 0.434. The number of rotatable bonds is 8. The molecule has 164 valence electrons. The summed E-state index contributed by atoms with van der Waals surface area (Å²) in [7, 11) is 0. The molecule has 0 radical (unpaired) electrons. The summed E-state index contributed by atoms with van der Waals surface area (Å²) >= 11 is 0. The molecule has 0 saturated heterocycles. The summed E-state index contributed by atoms with van der Waals surface area (Å²) in [6, 6.07) is 6.14. The maximum atomic E-state index is 13.6. The molecule has 4 N–H and O–H groups in total. The molecule has 0 aliphatic rings. The van der Waals surface area contributed by atoms with Crippen molar-refractivity contribution in [1.29, 1.82) is 0 Å². The number of aliphatic hydroxyl groups is 2. The fourth-order valence-electron chi connectivity index (χ4n) is 3.61. The second-order valence-corrected chi connectivity index (χ2v) is 7.91. The lowest BCUT2D eigenvalue weighted by Gasteiger charge is -2.17. The van der Waals surface area contributed by atoms with Crippen molar-refractivity contribution in [3.63, 3.8) is 0 Å². The molecule has 7 nitrogen and oxygen atoms in total. The number of carboxylic acid groups (broad SMARTS) is 1. The average molecular weight is 427 g/mol. The number of benzene rings is 1. The molecule has 8 heteroatoms. The van der Waals surface area contributed by atoms with E-state index in [0.29, 0.717) is 5.65 Å². The maximum Gasteiger partial charge on any atom is 0.305 e. The van der Waals surface area contributed by atoms with Crippen LogP contribution in [-0.4, -0.2) is 48.7 Å². The Bertz CT molecular complexity index is 1110. The second-order valence-electron chi connectivity index (χ2n) is 7.91. The highest BCUT2D eigenvalue weighted by atomic mass is 19.1. The maximum absolute atomic E-state index is 13.6. The van der Waals surface area contributed by atoms with Crippen LogP contribution in [0.4, 0.5) is 4.39 Å². The van der Waals surface area contributed by atoms with Crippen LogP contribution in [0.15, 0.2) is 30.3 Å². The first-order chi connectivity index (χ1) is 14.7. The van der Waals surface area contributed by atoms with Crippen molar-refractivity contribution in [3.8, 4) is 11.1 Å². The number of aryl methyl sites for hydroxylation is 1. The zero-order chi connectivity index (χ0) is 22.7. The van der Waals surface area contributed by atoms with Crippen molar-refractivity contribution in [3.05, 3.63) is 53.1 Å². The zero-order valence-electron chi connectivity index (χ0n) is 17.6. The number of hydrogen-bond donors (Lipinski definition) is 4. The van der Waals surface area contributed by atoms with Gasteiger partial charge in [-0.05, 0) is 30.5 Å². The van der Waals surface area contributed by atoms with Crippen LogP contribution in [0.2, 0.25) is 0 Å². The molecule has 2 heterocycles. The number of hydrogen-bond acceptors (Lipinski definition) is 5. The number of halogens is 1. The van der Waals surface area contributed by atoms with Gasteiger partial charge >= 0.3 is 5.97 Å². The summed E-state index contributed by atoms with van der Waals surface area (Å²) in [6.45, 7) is 5.86. The second kappa shape index (κ2) is 9.36. The highest BCUT2D eigenvalue weighted by molar-refractivity contribution is 5.99. The minimum absolute atomic E-state index is 0.0370. The fourth-order valence-corrected chi connectivity index (χ4v) is 3.61. The SMILES string of the molecule is Cc1[nH]nc2nc(C(C)C)c(C=C[C@@H](O)CC(O)CC(=O)O)c(-c3ccc(F)cc3)c12. The first-order valence-corrected chi connectivity index (χ1v) is 10.1. The summed E-state index contributed by atoms with van der Waals surface area (Å²) in [4.78, 5) is 15.4. The lowest BCUT2D eigenvalue weighted by atomic mass is 9.91. The van der Waals surface area contributed by atoms with Crippen molar-refractivity contribution < 1.29 is 24.5 Å². The number of nitrogens with zero attached hydrogens (tertiary/aromatic N) is 2. The number of aromatic nitrogens is 3. The van der Waals surface area contributed by atoms with Gasteiger partial charge in [0.2, 0.25) is 0 Å². The first-order valence-electron chi connectivity index (χ1n) is 10.1. The number of carbonyl (C=O) groups is 1. The predicted molar refractivity (Wildman–Crippen MR) is 116 cm³/mol. The van der Waals surface area contributed by atoms with E-state index in [1.54, 1.807) is 18.2 Å². The molecule has 3 aromatic rings. The number of carboxylic acids is 1. The Hall–Kier alpha value is -3.10. The first kappa shape index (κ1) is 22.6. The van der Waals surface area contributed by atoms with E-state index in [0.717, 1.165) is 33.5 Å². The minimum atomic E-state index is -1.16. The van der Waals surface area contributed by atoms with Gasteiger partial charge in [0, 0.05) is 23.2 Å². The lowest BCUT2D eigenvalue weighted by Crippen LogP contribution is -2.19. The molecule has 2 aromatic heterocycles. The molecular formula is C23H26FN3O4. The summed E-state index contributed by atoms with van der Waals surface area (Å²) in [5.41, 5.74) is 4.47. The molecule has 1 aromatic carbocycles. The van der Waals surface area contributed by atoms with E-state index >= 15 is 0 Å². The van der Waals surface area contributed by atoms with E-state index in [-0.39, 0.29) is 18.2 Å². The van der Waals surface area contributed by atoms with Gasteiger partial charge in [0.05, 0.1) is 29.7 Å². The molecule has 2 atom stereocenters. The summed E-state index contributed by atoms with van der Waals surface area (Å²) in [5, 5.41) is 37.0. The smallest absolute Gasteiger partial charge is 0.305 e. The van der Waals surface area contributed by atoms with E-state index in [4.69, 9.17) is 10.1 Å². The van der Waals surface area contributed by atoms with Gasteiger partial charge in [0.1, 0.15) is 5.82 Å².